The maximum absolute atomic E-state index is 11.0. The molecule has 1 aromatic rings. The number of nitrogens with one attached hydrogen (secondary N) is 1. The van der Waals surface area contributed by atoms with E-state index < -0.39 is 0 Å². The molecule has 4 nitrogen and oxygen atoms in total. The van der Waals surface area contributed by atoms with Crippen LogP contribution in [0.2, 0.25) is 0 Å². The van der Waals surface area contributed by atoms with E-state index in [1.165, 1.54) is 7.11 Å². The van der Waals surface area contributed by atoms with Gasteiger partial charge in [0.1, 0.15) is 11.9 Å². The van der Waals surface area contributed by atoms with Gasteiger partial charge in [-0.15, -0.1) is 0 Å². The van der Waals surface area contributed by atoms with Crippen LogP contribution in [0.3, 0.4) is 0 Å². The molecule has 0 spiro atoms. The molecular formula is C12H14BrNO3. The number of carbonyl (C=O) groups is 1. The molecule has 1 aliphatic heterocycles. The van der Waals surface area contributed by atoms with Crippen molar-refractivity contribution >= 4 is 27.6 Å². The highest BCUT2D eigenvalue weighted by Gasteiger charge is 2.20. The van der Waals surface area contributed by atoms with Gasteiger partial charge in [0.2, 0.25) is 0 Å². The van der Waals surface area contributed by atoms with Crippen LogP contribution in [-0.4, -0.2) is 25.7 Å². The second-order valence-electron chi connectivity index (χ2n) is 3.88. The number of esters is 1. The van der Waals surface area contributed by atoms with Crippen LogP contribution in [0, 0.1) is 0 Å². The standard InChI is InChI=1S/C12H14BrNO3/c1-16-12(15)5-3-9-7-14-10-6-8(13)2-4-11(10)17-9/h2,4,6,9,14H,3,5,7H2,1H3. The lowest BCUT2D eigenvalue weighted by Gasteiger charge is -2.27. The Labute approximate surface area is 108 Å². The van der Waals surface area contributed by atoms with Crippen molar-refractivity contribution in [1.29, 1.82) is 0 Å². The van der Waals surface area contributed by atoms with Crippen molar-refractivity contribution in [1.82, 2.24) is 0 Å². The molecule has 0 aliphatic carbocycles. The molecule has 1 aromatic carbocycles. The molecule has 17 heavy (non-hydrogen) atoms. The minimum Gasteiger partial charge on any atom is -0.486 e. The molecule has 1 atom stereocenters. The third kappa shape index (κ3) is 3.12. The van der Waals surface area contributed by atoms with E-state index in [2.05, 4.69) is 26.0 Å². The molecular weight excluding hydrogens is 286 g/mol. The van der Waals surface area contributed by atoms with Gasteiger partial charge in [-0.05, 0) is 24.6 Å². The largest absolute Gasteiger partial charge is 0.486 e. The van der Waals surface area contributed by atoms with Crippen molar-refractivity contribution in [3.05, 3.63) is 22.7 Å². The zero-order chi connectivity index (χ0) is 12.3. The van der Waals surface area contributed by atoms with E-state index >= 15 is 0 Å². The Kier molecular flexibility index (Phi) is 3.89. The Bertz CT molecular complexity index is 422. The minimum atomic E-state index is -0.199. The van der Waals surface area contributed by atoms with Crippen molar-refractivity contribution in [3.63, 3.8) is 0 Å². The summed E-state index contributed by atoms with van der Waals surface area (Å²) in [5, 5.41) is 3.29. The number of hydrogen-bond donors (Lipinski definition) is 1. The number of halogens is 1. The number of hydrogen-bond acceptors (Lipinski definition) is 4. The first-order valence-electron chi connectivity index (χ1n) is 5.46. The fourth-order valence-corrected chi connectivity index (χ4v) is 2.09. The van der Waals surface area contributed by atoms with E-state index in [1.54, 1.807) is 0 Å². The minimum absolute atomic E-state index is 0.0165. The predicted octanol–water partition coefficient (Wildman–Crippen LogP) is 2.58. The van der Waals surface area contributed by atoms with Crippen LogP contribution in [0.1, 0.15) is 12.8 Å². The highest BCUT2D eigenvalue weighted by molar-refractivity contribution is 9.10. The summed E-state index contributed by atoms with van der Waals surface area (Å²) in [5.41, 5.74) is 0.980. The van der Waals surface area contributed by atoms with Crippen LogP contribution in [0.15, 0.2) is 22.7 Å². The molecule has 0 saturated carbocycles. The molecule has 0 bridgehead atoms. The van der Waals surface area contributed by atoms with Gasteiger partial charge in [0, 0.05) is 10.9 Å². The highest BCUT2D eigenvalue weighted by atomic mass is 79.9. The number of fused-ring (bicyclic) bond motifs is 1. The summed E-state index contributed by atoms with van der Waals surface area (Å²) in [5.74, 6) is 0.629. The summed E-state index contributed by atoms with van der Waals surface area (Å²) in [6, 6.07) is 5.83. The van der Waals surface area contributed by atoms with E-state index in [0.29, 0.717) is 19.4 Å². The van der Waals surface area contributed by atoms with E-state index in [1.807, 2.05) is 18.2 Å². The summed E-state index contributed by atoms with van der Waals surface area (Å²) in [7, 11) is 1.40. The number of methoxy groups -OCH3 is 1. The summed E-state index contributed by atoms with van der Waals surface area (Å²) in [4.78, 5) is 11.0. The van der Waals surface area contributed by atoms with Crippen LogP contribution in [0.4, 0.5) is 5.69 Å². The van der Waals surface area contributed by atoms with Gasteiger partial charge in [-0.1, -0.05) is 15.9 Å². The topological polar surface area (TPSA) is 47.6 Å². The van der Waals surface area contributed by atoms with E-state index in [0.717, 1.165) is 15.9 Å². The number of ether oxygens (including phenoxy) is 2. The first-order chi connectivity index (χ1) is 8.19. The van der Waals surface area contributed by atoms with Gasteiger partial charge in [0.15, 0.2) is 0 Å². The molecule has 1 N–H and O–H groups in total. The van der Waals surface area contributed by atoms with Crippen molar-refractivity contribution in [2.24, 2.45) is 0 Å². The SMILES string of the molecule is COC(=O)CCC1CNc2cc(Br)ccc2O1. The predicted molar refractivity (Wildman–Crippen MR) is 68.3 cm³/mol. The zero-order valence-corrected chi connectivity index (χ0v) is 11.1. The Morgan fingerprint density at radius 2 is 2.47 bits per heavy atom. The first-order valence-corrected chi connectivity index (χ1v) is 6.25. The van der Waals surface area contributed by atoms with Gasteiger partial charge < -0.3 is 14.8 Å². The van der Waals surface area contributed by atoms with Gasteiger partial charge in [-0.25, -0.2) is 0 Å². The van der Waals surface area contributed by atoms with Crippen molar-refractivity contribution in [2.75, 3.05) is 19.0 Å². The molecule has 2 rings (SSSR count). The molecule has 0 amide bonds. The molecule has 0 fully saturated rings. The average Bonchev–Trinajstić information content (AvgIpc) is 2.35. The van der Waals surface area contributed by atoms with Crippen molar-refractivity contribution in [2.45, 2.75) is 18.9 Å². The number of benzene rings is 1. The highest BCUT2D eigenvalue weighted by Crippen LogP contribution is 2.32. The lowest BCUT2D eigenvalue weighted by atomic mass is 10.1. The Hall–Kier alpha value is -1.23. The van der Waals surface area contributed by atoms with Gasteiger partial charge in [-0.3, -0.25) is 4.79 Å². The van der Waals surface area contributed by atoms with Gasteiger partial charge in [0.25, 0.3) is 0 Å². The molecule has 92 valence electrons. The van der Waals surface area contributed by atoms with Crippen molar-refractivity contribution in [3.8, 4) is 5.75 Å². The summed E-state index contributed by atoms with van der Waals surface area (Å²) in [6.07, 6.45) is 1.06. The number of rotatable bonds is 3. The Morgan fingerprint density at radius 1 is 1.65 bits per heavy atom. The van der Waals surface area contributed by atoms with E-state index in [9.17, 15) is 4.79 Å². The third-order valence-corrected chi connectivity index (χ3v) is 3.15. The average molecular weight is 300 g/mol. The van der Waals surface area contributed by atoms with Crippen LogP contribution >= 0.6 is 15.9 Å². The summed E-state index contributed by atoms with van der Waals surface area (Å²) in [6.45, 7) is 0.709. The summed E-state index contributed by atoms with van der Waals surface area (Å²) < 4.78 is 11.4. The Morgan fingerprint density at radius 3 is 3.24 bits per heavy atom. The normalized spacial score (nSPS) is 17.6. The quantitative estimate of drug-likeness (QED) is 0.872. The van der Waals surface area contributed by atoms with E-state index in [4.69, 9.17) is 4.74 Å². The second kappa shape index (κ2) is 5.40. The summed E-state index contributed by atoms with van der Waals surface area (Å²) >= 11 is 3.41. The maximum Gasteiger partial charge on any atom is 0.305 e. The third-order valence-electron chi connectivity index (χ3n) is 2.65. The molecule has 1 unspecified atom stereocenters. The van der Waals surface area contributed by atoms with Crippen molar-refractivity contribution < 1.29 is 14.3 Å². The van der Waals surface area contributed by atoms with Gasteiger partial charge >= 0.3 is 5.97 Å². The number of anilines is 1. The van der Waals surface area contributed by atoms with Crippen LogP contribution in [0.5, 0.6) is 5.75 Å². The van der Waals surface area contributed by atoms with Crippen LogP contribution in [-0.2, 0) is 9.53 Å². The molecule has 1 aliphatic rings. The maximum atomic E-state index is 11.0. The monoisotopic (exact) mass is 299 g/mol. The van der Waals surface area contributed by atoms with Gasteiger partial charge in [-0.2, -0.15) is 0 Å². The molecule has 0 saturated heterocycles. The lowest BCUT2D eigenvalue weighted by Crippen LogP contribution is -2.31. The fourth-order valence-electron chi connectivity index (χ4n) is 1.73. The van der Waals surface area contributed by atoms with Crippen LogP contribution in [0.25, 0.3) is 0 Å². The lowest BCUT2D eigenvalue weighted by molar-refractivity contribution is -0.141. The number of carbonyl (C=O) groups excluding carboxylic acids is 1. The van der Waals surface area contributed by atoms with Crippen LogP contribution < -0.4 is 10.1 Å². The molecule has 1 heterocycles. The van der Waals surface area contributed by atoms with E-state index in [-0.39, 0.29) is 12.1 Å². The Balaban J connectivity index is 1.94. The second-order valence-corrected chi connectivity index (χ2v) is 4.79. The molecule has 0 aromatic heterocycles. The van der Waals surface area contributed by atoms with Gasteiger partial charge in [0.05, 0.1) is 19.3 Å². The first kappa shape index (κ1) is 12.2. The zero-order valence-electron chi connectivity index (χ0n) is 9.53. The molecule has 0 radical (unpaired) electrons. The fraction of sp³-hybridized carbons (Fsp3) is 0.417. The molecule has 5 heteroatoms. The smallest absolute Gasteiger partial charge is 0.305 e.